The molecule has 0 unspecified atom stereocenters. The molecule has 3 aromatic carbocycles. The monoisotopic (exact) mass is 483 g/mol. The van der Waals surface area contributed by atoms with Crippen LogP contribution in [0.25, 0.3) is 0 Å². The Labute approximate surface area is 201 Å². The van der Waals surface area contributed by atoms with E-state index >= 15 is 0 Å². The number of carbonyl (C=O) groups is 2. The van der Waals surface area contributed by atoms with Gasteiger partial charge in [-0.2, -0.15) is 0 Å². The number of nitrogens with one attached hydrogen (secondary N) is 1. The van der Waals surface area contributed by atoms with E-state index in [1.54, 1.807) is 36.4 Å². The number of ether oxygens (including phenoxy) is 2. The fourth-order valence-corrected chi connectivity index (χ4v) is 4.24. The van der Waals surface area contributed by atoms with Gasteiger partial charge in [0, 0.05) is 17.5 Å². The number of carboxylic acid groups (broad SMARTS) is 1. The van der Waals surface area contributed by atoms with E-state index in [-0.39, 0.29) is 30.9 Å². The summed E-state index contributed by atoms with van der Waals surface area (Å²) in [7, 11) is 0. The molecule has 0 saturated carbocycles. The zero-order chi connectivity index (χ0) is 24.4. The molecule has 0 aliphatic carbocycles. The molecule has 1 atom stereocenters. The number of benzene rings is 3. The van der Waals surface area contributed by atoms with Gasteiger partial charge in [0.05, 0.1) is 17.1 Å². The summed E-state index contributed by atoms with van der Waals surface area (Å²) in [5.41, 5.74) is 3.60. The van der Waals surface area contributed by atoms with Gasteiger partial charge in [0.2, 0.25) is 0 Å². The lowest BCUT2D eigenvalue weighted by molar-refractivity contribution is -0.136. The van der Waals surface area contributed by atoms with Crippen molar-refractivity contribution in [3.63, 3.8) is 0 Å². The molecule has 1 aliphatic rings. The SMILES string of the molecule is Cc1cc(OC[C@@H]2Cc3cc(F)ccc3O2)cc(C)c1C(=O)Nc1cc(CC(=O)O)ccc1Cl. The second-order valence-electron chi connectivity index (χ2n) is 8.28. The molecule has 176 valence electrons. The molecule has 0 bridgehead atoms. The van der Waals surface area contributed by atoms with Gasteiger partial charge in [0.1, 0.15) is 30.0 Å². The van der Waals surface area contributed by atoms with Gasteiger partial charge in [0.15, 0.2) is 0 Å². The first kappa shape index (κ1) is 23.6. The Bertz CT molecular complexity index is 1250. The molecular weight excluding hydrogens is 461 g/mol. The maximum Gasteiger partial charge on any atom is 0.307 e. The van der Waals surface area contributed by atoms with Crippen LogP contribution >= 0.6 is 11.6 Å². The van der Waals surface area contributed by atoms with Crippen molar-refractivity contribution in [3.8, 4) is 11.5 Å². The van der Waals surface area contributed by atoms with Crippen LogP contribution in [0.15, 0.2) is 48.5 Å². The topological polar surface area (TPSA) is 84.9 Å². The van der Waals surface area contributed by atoms with Crippen LogP contribution in [0.1, 0.15) is 32.6 Å². The molecule has 0 radical (unpaired) electrons. The van der Waals surface area contributed by atoms with Gasteiger partial charge in [-0.15, -0.1) is 0 Å². The number of aryl methyl sites for hydroxylation is 2. The number of hydrogen-bond acceptors (Lipinski definition) is 4. The lowest BCUT2D eigenvalue weighted by atomic mass is 10.0. The summed E-state index contributed by atoms with van der Waals surface area (Å²) in [6.07, 6.45) is 0.169. The van der Waals surface area contributed by atoms with E-state index < -0.39 is 5.97 Å². The minimum atomic E-state index is -0.971. The molecule has 0 fully saturated rings. The molecule has 0 spiro atoms. The fraction of sp³-hybridized carbons (Fsp3) is 0.231. The highest BCUT2D eigenvalue weighted by Crippen LogP contribution is 2.31. The van der Waals surface area contributed by atoms with Gasteiger partial charge in [-0.1, -0.05) is 17.7 Å². The summed E-state index contributed by atoms with van der Waals surface area (Å²) in [5.74, 6) is -0.355. The molecule has 4 rings (SSSR count). The maximum absolute atomic E-state index is 13.4. The molecule has 0 aromatic heterocycles. The van der Waals surface area contributed by atoms with E-state index in [0.717, 1.165) is 5.56 Å². The first-order valence-electron chi connectivity index (χ1n) is 10.7. The fourth-order valence-electron chi connectivity index (χ4n) is 4.07. The third-order valence-corrected chi connectivity index (χ3v) is 5.90. The minimum absolute atomic E-state index is 0.172. The zero-order valence-electron chi connectivity index (χ0n) is 18.7. The minimum Gasteiger partial charge on any atom is -0.490 e. The largest absolute Gasteiger partial charge is 0.490 e. The van der Waals surface area contributed by atoms with Crippen LogP contribution in [0.5, 0.6) is 11.5 Å². The number of carboxylic acids is 1. The lowest BCUT2D eigenvalue weighted by Gasteiger charge is -2.16. The molecule has 0 saturated heterocycles. The van der Waals surface area contributed by atoms with Crippen LogP contribution in [0.2, 0.25) is 5.02 Å². The van der Waals surface area contributed by atoms with Crippen molar-refractivity contribution in [3.05, 3.63) is 87.2 Å². The van der Waals surface area contributed by atoms with Crippen LogP contribution in [0.3, 0.4) is 0 Å². The highest BCUT2D eigenvalue weighted by Gasteiger charge is 2.24. The number of hydrogen-bond donors (Lipinski definition) is 2. The number of carbonyl (C=O) groups excluding carboxylic acids is 1. The van der Waals surface area contributed by atoms with Crippen LogP contribution in [-0.2, 0) is 17.6 Å². The number of anilines is 1. The number of fused-ring (bicyclic) bond motifs is 1. The van der Waals surface area contributed by atoms with E-state index in [4.69, 9.17) is 26.2 Å². The third-order valence-electron chi connectivity index (χ3n) is 5.57. The molecular formula is C26H23ClFNO5. The molecule has 6 nitrogen and oxygen atoms in total. The molecule has 1 heterocycles. The second kappa shape index (κ2) is 9.73. The number of aliphatic carboxylic acids is 1. The highest BCUT2D eigenvalue weighted by molar-refractivity contribution is 6.34. The smallest absolute Gasteiger partial charge is 0.307 e. The summed E-state index contributed by atoms with van der Waals surface area (Å²) in [4.78, 5) is 24.0. The van der Waals surface area contributed by atoms with Crippen molar-refractivity contribution in [1.29, 1.82) is 0 Å². The van der Waals surface area contributed by atoms with Crippen molar-refractivity contribution in [2.24, 2.45) is 0 Å². The van der Waals surface area contributed by atoms with Gasteiger partial charge in [-0.25, -0.2) is 4.39 Å². The third kappa shape index (κ3) is 5.31. The van der Waals surface area contributed by atoms with Gasteiger partial charge in [-0.05, 0) is 73.0 Å². The first-order valence-corrected chi connectivity index (χ1v) is 11.1. The summed E-state index contributed by atoms with van der Waals surface area (Å²) >= 11 is 6.20. The standard InChI is InChI=1S/C26H23ClFNO5/c1-14-7-19(33-13-20-12-17-11-18(28)4-6-23(17)34-20)8-15(2)25(14)26(32)29-22-9-16(10-24(30)31)3-5-21(22)27/h3-9,11,20H,10,12-13H2,1-2H3,(H,29,32)(H,30,31)/t20-/m0/s1. The Hall–Kier alpha value is -3.58. The Kier molecular flexibility index (Phi) is 6.75. The van der Waals surface area contributed by atoms with Crippen molar-refractivity contribution in [1.82, 2.24) is 0 Å². The van der Waals surface area contributed by atoms with E-state index in [1.165, 1.54) is 12.1 Å². The van der Waals surface area contributed by atoms with Gasteiger partial charge < -0.3 is 19.9 Å². The van der Waals surface area contributed by atoms with Crippen molar-refractivity contribution < 1.29 is 28.6 Å². The van der Waals surface area contributed by atoms with Crippen LogP contribution < -0.4 is 14.8 Å². The average Bonchev–Trinajstić information content (AvgIpc) is 3.16. The average molecular weight is 484 g/mol. The van der Waals surface area contributed by atoms with E-state index in [0.29, 0.717) is 50.9 Å². The van der Waals surface area contributed by atoms with Crippen LogP contribution in [0, 0.1) is 19.7 Å². The molecule has 34 heavy (non-hydrogen) atoms. The molecule has 3 aromatic rings. The van der Waals surface area contributed by atoms with E-state index in [1.807, 2.05) is 13.8 Å². The Balaban J connectivity index is 1.43. The predicted octanol–water partition coefficient (Wildman–Crippen LogP) is 5.36. The Morgan fingerprint density at radius 2 is 1.88 bits per heavy atom. The van der Waals surface area contributed by atoms with Gasteiger partial charge in [0.25, 0.3) is 5.91 Å². The normalized spacial score (nSPS) is 14.3. The molecule has 1 aliphatic heterocycles. The number of amides is 1. The van der Waals surface area contributed by atoms with Crippen LogP contribution in [-0.4, -0.2) is 29.7 Å². The number of rotatable bonds is 7. The van der Waals surface area contributed by atoms with Crippen molar-refractivity contribution in [2.75, 3.05) is 11.9 Å². The quantitative estimate of drug-likeness (QED) is 0.472. The Morgan fingerprint density at radius 3 is 2.59 bits per heavy atom. The predicted molar refractivity (Wildman–Crippen MR) is 127 cm³/mol. The van der Waals surface area contributed by atoms with E-state index in [9.17, 15) is 14.0 Å². The highest BCUT2D eigenvalue weighted by atomic mass is 35.5. The number of halogens is 2. The first-order chi connectivity index (χ1) is 16.2. The summed E-state index contributed by atoms with van der Waals surface area (Å²) < 4.78 is 25.1. The van der Waals surface area contributed by atoms with Crippen molar-refractivity contribution in [2.45, 2.75) is 32.8 Å². The molecule has 1 amide bonds. The summed E-state index contributed by atoms with van der Waals surface area (Å²) in [6.45, 7) is 3.90. The molecule has 2 N–H and O–H groups in total. The maximum atomic E-state index is 13.4. The van der Waals surface area contributed by atoms with E-state index in [2.05, 4.69) is 5.32 Å². The van der Waals surface area contributed by atoms with Gasteiger partial charge >= 0.3 is 5.97 Å². The van der Waals surface area contributed by atoms with Gasteiger partial charge in [-0.3, -0.25) is 9.59 Å². The zero-order valence-corrected chi connectivity index (χ0v) is 19.4. The second-order valence-corrected chi connectivity index (χ2v) is 8.69. The Morgan fingerprint density at radius 1 is 1.15 bits per heavy atom. The summed E-state index contributed by atoms with van der Waals surface area (Å²) in [6, 6.07) is 12.7. The van der Waals surface area contributed by atoms with Crippen LogP contribution in [0.4, 0.5) is 10.1 Å². The lowest BCUT2D eigenvalue weighted by Crippen LogP contribution is -2.22. The van der Waals surface area contributed by atoms with Crippen molar-refractivity contribution >= 4 is 29.2 Å². The molecule has 8 heteroatoms. The summed E-state index contributed by atoms with van der Waals surface area (Å²) in [5, 5.41) is 12.1.